The molecule has 8 heteroatoms. The zero-order valence-electron chi connectivity index (χ0n) is 7.88. The first kappa shape index (κ1) is 10.2. The van der Waals surface area contributed by atoms with Crippen molar-refractivity contribution in [1.82, 2.24) is 25.5 Å². The van der Waals surface area contributed by atoms with Crippen LogP contribution in [0.1, 0.15) is 18.9 Å². The van der Waals surface area contributed by atoms with Crippen molar-refractivity contribution in [2.24, 2.45) is 0 Å². The summed E-state index contributed by atoms with van der Waals surface area (Å²) in [7, 11) is 0. The van der Waals surface area contributed by atoms with Crippen molar-refractivity contribution in [2.75, 3.05) is 6.54 Å². The Labute approximate surface area is 90.5 Å². The first-order valence-electron chi connectivity index (χ1n) is 4.64. The molecule has 2 rings (SSSR count). The van der Waals surface area contributed by atoms with Crippen molar-refractivity contribution in [3.8, 4) is 0 Å². The van der Waals surface area contributed by atoms with Gasteiger partial charge in [-0.25, -0.2) is 0 Å². The van der Waals surface area contributed by atoms with E-state index in [9.17, 15) is 4.79 Å². The lowest BCUT2D eigenvalue weighted by Gasteiger charge is -2.26. The van der Waals surface area contributed by atoms with Gasteiger partial charge >= 0.3 is 5.97 Å². The highest BCUT2D eigenvalue weighted by molar-refractivity contribution is 7.71. The number of rotatable bonds is 2. The number of piperidine rings is 1. The Morgan fingerprint density at radius 2 is 2.47 bits per heavy atom. The summed E-state index contributed by atoms with van der Waals surface area (Å²) < 4.78 is 0.320. The summed E-state index contributed by atoms with van der Waals surface area (Å²) in [6, 6.07) is -0.494. The molecule has 1 aliphatic heterocycles. The Hall–Kier alpha value is -1.28. The molecule has 0 aliphatic carbocycles. The van der Waals surface area contributed by atoms with Crippen LogP contribution < -0.4 is 5.32 Å². The fraction of sp³-hybridized carbons (Fsp3) is 0.714. The van der Waals surface area contributed by atoms with Gasteiger partial charge in [-0.2, -0.15) is 4.80 Å². The quantitative estimate of drug-likeness (QED) is 0.603. The van der Waals surface area contributed by atoms with E-state index in [1.165, 1.54) is 0 Å². The number of H-pyrrole nitrogens is 1. The van der Waals surface area contributed by atoms with Crippen LogP contribution in [0, 0.1) is 4.77 Å². The van der Waals surface area contributed by atoms with E-state index in [0.717, 1.165) is 6.42 Å². The van der Waals surface area contributed by atoms with Gasteiger partial charge in [0, 0.05) is 0 Å². The molecule has 0 amide bonds. The monoisotopic (exact) mass is 229 g/mol. The number of aliphatic carboxylic acids is 1. The third-order valence-corrected chi connectivity index (χ3v) is 2.64. The van der Waals surface area contributed by atoms with Crippen molar-refractivity contribution in [3.05, 3.63) is 4.77 Å². The summed E-state index contributed by atoms with van der Waals surface area (Å²) in [5, 5.41) is 22.1. The van der Waals surface area contributed by atoms with Gasteiger partial charge in [0.2, 0.25) is 4.77 Å². The summed E-state index contributed by atoms with van der Waals surface area (Å²) in [5.41, 5.74) is 0. The van der Waals surface area contributed by atoms with E-state index in [0.29, 0.717) is 17.7 Å². The number of hydrogen-bond donors (Lipinski definition) is 3. The summed E-state index contributed by atoms with van der Waals surface area (Å²) in [6.45, 7) is 0.655. The van der Waals surface area contributed by atoms with Crippen molar-refractivity contribution >= 4 is 18.2 Å². The Bertz CT molecular complexity index is 414. The number of carboxylic acids is 1. The zero-order valence-corrected chi connectivity index (χ0v) is 8.70. The molecule has 2 atom stereocenters. The number of tetrazole rings is 1. The molecule has 15 heavy (non-hydrogen) atoms. The van der Waals surface area contributed by atoms with E-state index in [-0.39, 0.29) is 6.04 Å². The molecule has 0 radical (unpaired) electrons. The molecule has 0 bridgehead atoms. The molecular weight excluding hydrogens is 218 g/mol. The Morgan fingerprint density at radius 1 is 1.67 bits per heavy atom. The van der Waals surface area contributed by atoms with Crippen LogP contribution in [0.15, 0.2) is 0 Å². The molecule has 2 heterocycles. The number of carboxylic acid groups (broad SMARTS) is 1. The molecule has 0 spiro atoms. The van der Waals surface area contributed by atoms with E-state index in [1.54, 1.807) is 4.80 Å². The maximum Gasteiger partial charge on any atom is 0.320 e. The summed E-state index contributed by atoms with van der Waals surface area (Å²) >= 11 is 4.80. The zero-order chi connectivity index (χ0) is 10.8. The fourth-order valence-electron chi connectivity index (χ4n) is 1.70. The summed E-state index contributed by atoms with van der Waals surface area (Å²) in [6.07, 6.45) is 1.31. The molecule has 1 saturated heterocycles. The van der Waals surface area contributed by atoms with Crippen LogP contribution in [0.2, 0.25) is 0 Å². The second kappa shape index (κ2) is 4.07. The molecule has 0 saturated carbocycles. The van der Waals surface area contributed by atoms with Crippen LogP contribution in [0.5, 0.6) is 0 Å². The van der Waals surface area contributed by atoms with Crippen molar-refractivity contribution in [1.29, 1.82) is 0 Å². The van der Waals surface area contributed by atoms with Crippen LogP contribution in [0.4, 0.5) is 0 Å². The van der Waals surface area contributed by atoms with E-state index < -0.39 is 12.0 Å². The lowest BCUT2D eigenvalue weighted by molar-refractivity contribution is -0.140. The number of nitrogens with one attached hydrogen (secondary N) is 2. The Morgan fingerprint density at radius 3 is 3.07 bits per heavy atom. The van der Waals surface area contributed by atoms with Gasteiger partial charge in [0.1, 0.15) is 6.04 Å². The molecule has 1 aromatic rings. The lowest BCUT2D eigenvalue weighted by atomic mass is 10.0. The minimum Gasteiger partial charge on any atom is -0.480 e. The van der Waals surface area contributed by atoms with Crippen LogP contribution in [-0.4, -0.2) is 43.9 Å². The molecule has 1 fully saturated rings. The number of aromatic amines is 1. The third kappa shape index (κ3) is 2.21. The number of aromatic nitrogens is 4. The molecule has 0 aromatic carbocycles. The van der Waals surface area contributed by atoms with Gasteiger partial charge in [0.15, 0.2) is 0 Å². The van der Waals surface area contributed by atoms with E-state index in [2.05, 4.69) is 20.7 Å². The van der Waals surface area contributed by atoms with Gasteiger partial charge in [-0.05, 0) is 36.8 Å². The highest BCUT2D eigenvalue weighted by atomic mass is 32.1. The average Bonchev–Trinajstić information content (AvgIpc) is 2.65. The predicted octanol–water partition coefficient (Wildman–Crippen LogP) is -0.287. The van der Waals surface area contributed by atoms with Gasteiger partial charge in [-0.3, -0.25) is 9.89 Å². The van der Waals surface area contributed by atoms with E-state index in [1.807, 2.05) is 0 Å². The Kier molecular flexibility index (Phi) is 2.78. The standard InChI is InChI=1S/C7H11N5O2S/c13-6(14)5-3-4(1-2-8-5)12-10-7(15)9-11-12/h4-5,8H,1-3H2,(H,10,15)(H,13,14)/t4?,5-/m0/s1. The molecule has 7 nitrogen and oxygen atoms in total. The maximum absolute atomic E-state index is 10.8. The highest BCUT2D eigenvalue weighted by Crippen LogP contribution is 2.19. The van der Waals surface area contributed by atoms with E-state index >= 15 is 0 Å². The number of hydrogen-bond acceptors (Lipinski definition) is 5. The van der Waals surface area contributed by atoms with Crippen molar-refractivity contribution < 1.29 is 9.90 Å². The summed E-state index contributed by atoms with van der Waals surface area (Å²) in [5.74, 6) is -0.835. The van der Waals surface area contributed by atoms with Gasteiger partial charge in [0.05, 0.1) is 6.04 Å². The van der Waals surface area contributed by atoms with Gasteiger partial charge in [-0.15, -0.1) is 0 Å². The van der Waals surface area contributed by atoms with Crippen LogP contribution >= 0.6 is 12.2 Å². The normalized spacial score (nSPS) is 26.4. The van der Waals surface area contributed by atoms with Crippen LogP contribution in [0.3, 0.4) is 0 Å². The topological polar surface area (TPSA) is 95.8 Å². The highest BCUT2D eigenvalue weighted by Gasteiger charge is 2.28. The van der Waals surface area contributed by atoms with Crippen molar-refractivity contribution in [3.63, 3.8) is 0 Å². The lowest BCUT2D eigenvalue weighted by Crippen LogP contribution is -2.44. The molecule has 1 aliphatic rings. The largest absolute Gasteiger partial charge is 0.480 e. The first-order chi connectivity index (χ1) is 7.16. The predicted molar refractivity (Wildman–Crippen MR) is 52.9 cm³/mol. The second-order valence-electron chi connectivity index (χ2n) is 3.47. The van der Waals surface area contributed by atoms with E-state index in [4.69, 9.17) is 17.3 Å². The molecular formula is C7H11N5O2S. The van der Waals surface area contributed by atoms with Crippen LogP contribution in [0.25, 0.3) is 0 Å². The second-order valence-corrected chi connectivity index (χ2v) is 3.86. The summed E-state index contributed by atoms with van der Waals surface area (Å²) in [4.78, 5) is 12.3. The fourth-order valence-corrected chi connectivity index (χ4v) is 1.83. The minimum atomic E-state index is -0.835. The third-order valence-electron chi connectivity index (χ3n) is 2.46. The maximum atomic E-state index is 10.8. The molecule has 1 unspecified atom stereocenters. The average molecular weight is 229 g/mol. The number of carbonyl (C=O) groups is 1. The molecule has 3 N–H and O–H groups in total. The van der Waals surface area contributed by atoms with Gasteiger partial charge in [0.25, 0.3) is 0 Å². The number of nitrogens with zero attached hydrogens (tertiary/aromatic N) is 3. The van der Waals surface area contributed by atoms with Crippen molar-refractivity contribution in [2.45, 2.75) is 24.9 Å². The smallest absolute Gasteiger partial charge is 0.320 e. The SMILES string of the molecule is O=C(O)[C@@H]1CC(n2nnc(=S)[nH]2)CCN1. The Balaban J connectivity index is 2.10. The minimum absolute atomic E-state index is 0.0246. The molecule has 1 aromatic heterocycles. The van der Waals surface area contributed by atoms with Gasteiger partial charge < -0.3 is 10.4 Å². The van der Waals surface area contributed by atoms with Gasteiger partial charge in [-0.1, -0.05) is 5.10 Å². The molecule has 82 valence electrons. The first-order valence-corrected chi connectivity index (χ1v) is 5.05. The van der Waals surface area contributed by atoms with Crippen LogP contribution in [-0.2, 0) is 4.79 Å².